The minimum atomic E-state index is 0.748. The van der Waals surface area contributed by atoms with Crippen molar-refractivity contribution >= 4 is 28.0 Å². The van der Waals surface area contributed by atoms with Gasteiger partial charge in [0, 0.05) is 49.8 Å². The Morgan fingerprint density at radius 2 is 1.96 bits per heavy atom. The molecule has 0 atom stereocenters. The van der Waals surface area contributed by atoms with Crippen molar-refractivity contribution in [3.63, 3.8) is 0 Å². The molecule has 2 aromatic carbocycles. The predicted octanol–water partition coefficient (Wildman–Crippen LogP) is 3.94. The molecule has 1 aliphatic rings. The minimum Gasteiger partial charge on any atom is -0.423 e. The molecule has 1 aliphatic heterocycles. The van der Waals surface area contributed by atoms with E-state index in [9.17, 15) is 0 Å². The molecule has 1 N–H and O–H groups in total. The number of anilines is 1. The molecule has 26 heavy (non-hydrogen) atoms. The van der Waals surface area contributed by atoms with Crippen molar-refractivity contribution in [3.8, 4) is 0 Å². The number of rotatable bonds is 3. The van der Waals surface area contributed by atoms with Gasteiger partial charge in [-0.05, 0) is 42.3 Å². The van der Waals surface area contributed by atoms with Crippen molar-refractivity contribution in [2.75, 3.05) is 31.1 Å². The molecule has 0 bridgehead atoms. The molecule has 5 nitrogen and oxygen atoms in total. The number of benzene rings is 2. The van der Waals surface area contributed by atoms with E-state index >= 15 is 0 Å². The Hall–Kier alpha value is -2.79. The van der Waals surface area contributed by atoms with Crippen LogP contribution in [0.2, 0.25) is 0 Å². The lowest BCUT2D eigenvalue weighted by molar-refractivity contribution is 0.246. The van der Waals surface area contributed by atoms with Gasteiger partial charge in [-0.2, -0.15) is 4.98 Å². The Labute approximate surface area is 152 Å². The number of aromatic amines is 1. The maximum absolute atomic E-state index is 5.96. The second kappa shape index (κ2) is 6.18. The number of H-pyrrole nitrogens is 1. The highest BCUT2D eigenvalue weighted by Gasteiger charge is 2.21. The van der Waals surface area contributed by atoms with Crippen molar-refractivity contribution in [3.05, 3.63) is 59.8 Å². The Morgan fingerprint density at radius 3 is 2.85 bits per heavy atom. The van der Waals surface area contributed by atoms with Gasteiger partial charge in [0.1, 0.15) is 5.52 Å². The summed E-state index contributed by atoms with van der Waals surface area (Å²) in [5.41, 5.74) is 5.62. The average molecular weight is 346 g/mol. The van der Waals surface area contributed by atoms with E-state index in [4.69, 9.17) is 4.42 Å². The standard InChI is InChI=1S/C21H22N4O/c1-15-5-6-20-19(13-15)23-21(26-20)25-11-9-24(10-12-25)14-16-3-2-4-18-17(16)7-8-22-18/h2-8,13,22H,9-12,14H2,1H3. The Morgan fingerprint density at radius 1 is 1.08 bits per heavy atom. The molecule has 132 valence electrons. The van der Waals surface area contributed by atoms with Gasteiger partial charge in [0.05, 0.1) is 0 Å². The number of fused-ring (bicyclic) bond motifs is 2. The first-order chi connectivity index (χ1) is 12.8. The summed E-state index contributed by atoms with van der Waals surface area (Å²) in [5.74, 6) is 0. The van der Waals surface area contributed by atoms with E-state index in [-0.39, 0.29) is 0 Å². The second-order valence-corrected chi connectivity index (χ2v) is 7.09. The van der Waals surface area contributed by atoms with E-state index in [2.05, 4.69) is 63.1 Å². The molecule has 0 amide bonds. The van der Waals surface area contributed by atoms with Crippen LogP contribution in [-0.4, -0.2) is 41.0 Å². The summed E-state index contributed by atoms with van der Waals surface area (Å²) in [6.45, 7) is 6.97. The van der Waals surface area contributed by atoms with Gasteiger partial charge in [0.25, 0.3) is 6.01 Å². The number of hydrogen-bond acceptors (Lipinski definition) is 4. The zero-order valence-corrected chi connectivity index (χ0v) is 14.9. The normalized spacial score (nSPS) is 16.0. The fourth-order valence-corrected chi connectivity index (χ4v) is 3.79. The van der Waals surface area contributed by atoms with Crippen LogP contribution in [0.25, 0.3) is 22.0 Å². The predicted molar refractivity (Wildman–Crippen MR) is 105 cm³/mol. The van der Waals surface area contributed by atoms with E-state index in [0.717, 1.165) is 49.8 Å². The number of hydrogen-bond donors (Lipinski definition) is 1. The molecule has 0 spiro atoms. The van der Waals surface area contributed by atoms with Gasteiger partial charge in [0.2, 0.25) is 0 Å². The van der Waals surface area contributed by atoms with E-state index < -0.39 is 0 Å². The van der Waals surface area contributed by atoms with Crippen LogP contribution in [0, 0.1) is 6.92 Å². The summed E-state index contributed by atoms with van der Waals surface area (Å²) in [7, 11) is 0. The summed E-state index contributed by atoms with van der Waals surface area (Å²) in [6, 6.07) is 15.6. The number of oxazole rings is 1. The molecular weight excluding hydrogens is 324 g/mol. The maximum atomic E-state index is 5.96. The van der Waals surface area contributed by atoms with Crippen LogP contribution in [0.4, 0.5) is 6.01 Å². The van der Waals surface area contributed by atoms with Crippen LogP contribution < -0.4 is 4.90 Å². The third-order valence-electron chi connectivity index (χ3n) is 5.25. The second-order valence-electron chi connectivity index (χ2n) is 7.09. The van der Waals surface area contributed by atoms with Crippen LogP contribution in [0.1, 0.15) is 11.1 Å². The molecule has 5 rings (SSSR count). The summed E-state index contributed by atoms with van der Waals surface area (Å²) in [5, 5.41) is 1.32. The highest BCUT2D eigenvalue weighted by atomic mass is 16.4. The van der Waals surface area contributed by atoms with E-state index in [1.165, 1.54) is 22.0 Å². The lowest BCUT2D eigenvalue weighted by Crippen LogP contribution is -2.46. The number of nitrogens with one attached hydrogen (secondary N) is 1. The van der Waals surface area contributed by atoms with Crippen LogP contribution in [-0.2, 0) is 6.54 Å². The molecule has 3 heterocycles. The van der Waals surface area contributed by atoms with Gasteiger partial charge in [-0.1, -0.05) is 18.2 Å². The van der Waals surface area contributed by atoms with Crippen molar-refractivity contribution in [1.82, 2.24) is 14.9 Å². The van der Waals surface area contributed by atoms with E-state index in [0.29, 0.717) is 0 Å². The first-order valence-electron chi connectivity index (χ1n) is 9.16. The molecular formula is C21H22N4O. The van der Waals surface area contributed by atoms with Gasteiger partial charge in [-0.3, -0.25) is 4.90 Å². The summed E-state index contributed by atoms with van der Waals surface area (Å²) >= 11 is 0. The molecule has 1 saturated heterocycles. The van der Waals surface area contributed by atoms with Crippen molar-refractivity contribution in [1.29, 1.82) is 0 Å². The monoisotopic (exact) mass is 346 g/mol. The first kappa shape index (κ1) is 15.5. The first-order valence-corrected chi connectivity index (χ1v) is 9.16. The third-order valence-corrected chi connectivity index (χ3v) is 5.25. The molecule has 1 fully saturated rings. The Kier molecular flexibility index (Phi) is 3.68. The zero-order chi connectivity index (χ0) is 17.5. The third kappa shape index (κ3) is 2.74. The van der Waals surface area contributed by atoms with E-state index in [1.807, 2.05) is 12.3 Å². The van der Waals surface area contributed by atoms with E-state index in [1.54, 1.807) is 0 Å². The highest BCUT2D eigenvalue weighted by Crippen LogP contribution is 2.25. The number of nitrogens with zero attached hydrogens (tertiary/aromatic N) is 3. The molecule has 4 aromatic rings. The van der Waals surface area contributed by atoms with Crippen LogP contribution in [0.5, 0.6) is 0 Å². The van der Waals surface area contributed by atoms with Crippen molar-refractivity contribution in [2.24, 2.45) is 0 Å². The highest BCUT2D eigenvalue weighted by molar-refractivity contribution is 5.82. The smallest absolute Gasteiger partial charge is 0.298 e. The SMILES string of the molecule is Cc1ccc2oc(N3CCN(Cc4cccc5[nH]ccc45)CC3)nc2c1. The Balaban J connectivity index is 1.29. The summed E-state index contributed by atoms with van der Waals surface area (Å²) < 4.78 is 5.96. The average Bonchev–Trinajstić information content (AvgIpc) is 3.29. The largest absolute Gasteiger partial charge is 0.423 e. The fraction of sp³-hybridized carbons (Fsp3) is 0.286. The van der Waals surface area contributed by atoms with Crippen molar-refractivity contribution in [2.45, 2.75) is 13.5 Å². The van der Waals surface area contributed by atoms with Crippen molar-refractivity contribution < 1.29 is 4.42 Å². The Bertz CT molecular complexity index is 1060. The molecule has 2 aromatic heterocycles. The minimum absolute atomic E-state index is 0.748. The summed E-state index contributed by atoms with van der Waals surface area (Å²) in [4.78, 5) is 12.7. The van der Waals surface area contributed by atoms with Gasteiger partial charge in [0.15, 0.2) is 5.58 Å². The lowest BCUT2D eigenvalue weighted by atomic mass is 10.1. The number of aryl methyl sites for hydroxylation is 1. The van der Waals surface area contributed by atoms with Gasteiger partial charge < -0.3 is 14.3 Å². The molecule has 0 unspecified atom stereocenters. The molecule has 5 heteroatoms. The fourth-order valence-electron chi connectivity index (χ4n) is 3.79. The van der Waals surface area contributed by atoms with Crippen LogP contribution in [0.15, 0.2) is 53.1 Å². The number of aromatic nitrogens is 2. The lowest BCUT2D eigenvalue weighted by Gasteiger charge is -2.33. The topological polar surface area (TPSA) is 48.3 Å². The quantitative estimate of drug-likeness (QED) is 0.610. The van der Waals surface area contributed by atoms with Gasteiger partial charge >= 0.3 is 0 Å². The summed E-state index contributed by atoms with van der Waals surface area (Å²) in [6.07, 6.45) is 2.01. The molecule has 0 saturated carbocycles. The number of piperazine rings is 1. The zero-order valence-electron chi connectivity index (χ0n) is 14.9. The molecule has 0 aliphatic carbocycles. The van der Waals surface area contributed by atoms with Crippen LogP contribution in [0.3, 0.4) is 0 Å². The van der Waals surface area contributed by atoms with Gasteiger partial charge in [-0.25, -0.2) is 0 Å². The van der Waals surface area contributed by atoms with Crippen LogP contribution >= 0.6 is 0 Å². The molecule has 0 radical (unpaired) electrons. The maximum Gasteiger partial charge on any atom is 0.298 e. The van der Waals surface area contributed by atoms with Gasteiger partial charge in [-0.15, -0.1) is 0 Å².